The van der Waals surface area contributed by atoms with Crippen LogP contribution in [0.25, 0.3) is 10.6 Å². The van der Waals surface area contributed by atoms with E-state index in [2.05, 4.69) is 23.7 Å². The second-order valence-electron chi connectivity index (χ2n) is 6.83. The van der Waals surface area contributed by atoms with Gasteiger partial charge in [-0.1, -0.05) is 43.6 Å². The minimum Gasteiger partial charge on any atom is -0.335 e. The lowest BCUT2D eigenvalue weighted by atomic mass is 10.1. The second kappa shape index (κ2) is 8.30. The Morgan fingerprint density at radius 1 is 1.24 bits per heavy atom. The number of aromatic nitrogens is 1. The van der Waals surface area contributed by atoms with Gasteiger partial charge in [0.1, 0.15) is 9.88 Å². The minimum atomic E-state index is 0.0827. The first-order valence-electron chi connectivity index (χ1n) is 8.77. The number of piperazine rings is 1. The summed E-state index contributed by atoms with van der Waals surface area (Å²) >= 11 is 7.65. The lowest BCUT2D eigenvalue weighted by Gasteiger charge is -2.34. The summed E-state index contributed by atoms with van der Waals surface area (Å²) in [4.78, 5) is 22.2. The molecule has 2 aromatic rings. The highest BCUT2D eigenvalue weighted by molar-refractivity contribution is 7.17. The van der Waals surface area contributed by atoms with Gasteiger partial charge >= 0.3 is 0 Å². The zero-order valence-electron chi connectivity index (χ0n) is 14.7. The number of carbonyl (C=O) groups excluding carboxylic acids is 1. The maximum atomic E-state index is 12.7. The third-order valence-corrected chi connectivity index (χ3v) is 5.85. The number of carbonyl (C=O) groups is 1. The Hall–Kier alpha value is -1.43. The van der Waals surface area contributed by atoms with Crippen molar-refractivity contribution in [3.63, 3.8) is 0 Å². The number of rotatable bonds is 5. The molecule has 3 rings (SSSR count). The predicted octanol–water partition coefficient (Wildman–Crippen LogP) is 4.27. The number of amides is 1. The van der Waals surface area contributed by atoms with Gasteiger partial charge in [0.15, 0.2) is 0 Å². The van der Waals surface area contributed by atoms with Crippen LogP contribution in [-0.2, 0) is 0 Å². The molecule has 1 fully saturated rings. The highest BCUT2D eigenvalue weighted by Crippen LogP contribution is 2.31. The summed E-state index contributed by atoms with van der Waals surface area (Å²) < 4.78 is 0. The molecule has 134 valence electrons. The van der Waals surface area contributed by atoms with Crippen LogP contribution in [-0.4, -0.2) is 53.4 Å². The molecule has 0 atom stereocenters. The summed E-state index contributed by atoms with van der Waals surface area (Å²) in [5.74, 6) is 0.805. The molecular formula is C19H24ClN3OS. The molecule has 2 heterocycles. The van der Waals surface area contributed by atoms with Crippen molar-refractivity contribution in [1.82, 2.24) is 14.8 Å². The summed E-state index contributed by atoms with van der Waals surface area (Å²) in [6, 6.07) is 7.60. The largest absolute Gasteiger partial charge is 0.335 e. The van der Waals surface area contributed by atoms with E-state index in [1.165, 1.54) is 17.8 Å². The number of thiazole rings is 1. The summed E-state index contributed by atoms with van der Waals surface area (Å²) in [5, 5.41) is 1.46. The molecule has 4 nitrogen and oxygen atoms in total. The Bertz CT molecular complexity index is 723. The molecule has 1 aromatic carbocycles. The van der Waals surface area contributed by atoms with E-state index < -0.39 is 0 Å². The lowest BCUT2D eigenvalue weighted by Crippen LogP contribution is -2.48. The van der Waals surface area contributed by atoms with Crippen molar-refractivity contribution in [1.29, 1.82) is 0 Å². The summed E-state index contributed by atoms with van der Waals surface area (Å²) in [6.07, 6.45) is 2.89. The lowest BCUT2D eigenvalue weighted by molar-refractivity contribution is 0.0636. The summed E-state index contributed by atoms with van der Waals surface area (Å²) in [6.45, 7) is 9.10. The summed E-state index contributed by atoms with van der Waals surface area (Å²) in [5.41, 5.74) is 0.881. The van der Waals surface area contributed by atoms with Crippen molar-refractivity contribution in [2.75, 3.05) is 32.7 Å². The van der Waals surface area contributed by atoms with Gasteiger partial charge in [-0.15, -0.1) is 11.3 Å². The first kappa shape index (κ1) is 18.4. The van der Waals surface area contributed by atoms with E-state index in [9.17, 15) is 4.79 Å². The molecule has 0 saturated carbocycles. The van der Waals surface area contributed by atoms with Gasteiger partial charge in [0.25, 0.3) is 5.91 Å². The van der Waals surface area contributed by atoms with Gasteiger partial charge in [-0.25, -0.2) is 4.98 Å². The molecule has 0 unspecified atom stereocenters. The van der Waals surface area contributed by atoms with Crippen molar-refractivity contribution in [2.45, 2.75) is 20.3 Å². The molecule has 0 aliphatic carbocycles. The average molecular weight is 378 g/mol. The van der Waals surface area contributed by atoms with Gasteiger partial charge in [-0.3, -0.25) is 9.69 Å². The molecule has 6 heteroatoms. The Morgan fingerprint density at radius 3 is 2.64 bits per heavy atom. The standard InChI is InChI=1S/C19H24ClN3OS/c1-14(2)7-8-22-9-11-23(12-10-22)19(24)17-13-21-18(25-17)15-5-3-4-6-16(15)20/h3-6,13-14H,7-12H2,1-2H3. The first-order valence-corrected chi connectivity index (χ1v) is 9.96. The number of hydrogen-bond acceptors (Lipinski definition) is 4. The van der Waals surface area contributed by atoms with E-state index in [4.69, 9.17) is 11.6 Å². The van der Waals surface area contributed by atoms with Crippen LogP contribution in [0.3, 0.4) is 0 Å². The molecule has 0 bridgehead atoms. The third-order valence-electron chi connectivity index (χ3n) is 4.50. The van der Waals surface area contributed by atoms with Gasteiger partial charge in [-0.05, 0) is 24.9 Å². The van der Waals surface area contributed by atoms with Crippen molar-refractivity contribution in [3.8, 4) is 10.6 Å². The molecule has 1 amide bonds. The second-order valence-corrected chi connectivity index (χ2v) is 8.26. The highest BCUT2D eigenvalue weighted by Gasteiger charge is 2.24. The quantitative estimate of drug-likeness (QED) is 0.780. The molecule has 1 saturated heterocycles. The van der Waals surface area contributed by atoms with E-state index in [1.807, 2.05) is 29.2 Å². The molecule has 0 N–H and O–H groups in total. The van der Waals surface area contributed by atoms with Gasteiger partial charge < -0.3 is 4.90 Å². The maximum absolute atomic E-state index is 12.7. The Labute approximate surface area is 158 Å². The smallest absolute Gasteiger partial charge is 0.265 e. The van der Waals surface area contributed by atoms with Crippen molar-refractivity contribution >= 4 is 28.8 Å². The van der Waals surface area contributed by atoms with Crippen LogP contribution in [0, 0.1) is 5.92 Å². The van der Waals surface area contributed by atoms with Gasteiger partial charge in [-0.2, -0.15) is 0 Å². The Kier molecular flexibility index (Phi) is 6.10. The monoisotopic (exact) mass is 377 g/mol. The topological polar surface area (TPSA) is 36.4 Å². The maximum Gasteiger partial charge on any atom is 0.265 e. The number of hydrogen-bond donors (Lipinski definition) is 0. The SMILES string of the molecule is CC(C)CCN1CCN(C(=O)c2cnc(-c3ccccc3Cl)s2)CC1. The summed E-state index contributed by atoms with van der Waals surface area (Å²) in [7, 11) is 0. The van der Waals surface area contributed by atoms with Crippen LogP contribution in [0.15, 0.2) is 30.5 Å². The van der Waals surface area contributed by atoms with Crippen LogP contribution >= 0.6 is 22.9 Å². The zero-order chi connectivity index (χ0) is 17.8. The average Bonchev–Trinajstić information content (AvgIpc) is 3.10. The van der Waals surface area contributed by atoms with Gasteiger partial charge in [0.2, 0.25) is 0 Å². The fourth-order valence-electron chi connectivity index (χ4n) is 2.90. The third kappa shape index (κ3) is 4.60. The molecular weight excluding hydrogens is 354 g/mol. The van der Waals surface area contributed by atoms with E-state index in [0.29, 0.717) is 9.90 Å². The van der Waals surface area contributed by atoms with Crippen molar-refractivity contribution in [3.05, 3.63) is 40.4 Å². The van der Waals surface area contributed by atoms with Crippen LogP contribution in [0.5, 0.6) is 0 Å². The van der Waals surface area contributed by atoms with E-state index in [1.54, 1.807) is 6.20 Å². The molecule has 0 spiro atoms. The molecule has 1 aliphatic heterocycles. The van der Waals surface area contributed by atoms with E-state index in [-0.39, 0.29) is 5.91 Å². The van der Waals surface area contributed by atoms with Gasteiger partial charge in [0, 0.05) is 31.7 Å². The molecule has 1 aromatic heterocycles. The van der Waals surface area contributed by atoms with Crippen molar-refractivity contribution < 1.29 is 4.79 Å². The van der Waals surface area contributed by atoms with Gasteiger partial charge in [0.05, 0.1) is 11.2 Å². The number of halogens is 1. The first-order chi connectivity index (χ1) is 12.0. The van der Waals surface area contributed by atoms with Crippen LogP contribution in [0.1, 0.15) is 29.9 Å². The normalized spacial score (nSPS) is 15.8. The highest BCUT2D eigenvalue weighted by atomic mass is 35.5. The predicted molar refractivity (Wildman–Crippen MR) is 104 cm³/mol. The Balaban J connectivity index is 1.60. The Morgan fingerprint density at radius 2 is 1.96 bits per heavy atom. The molecule has 0 radical (unpaired) electrons. The fourth-order valence-corrected chi connectivity index (χ4v) is 4.11. The van der Waals surface area contributed by atoms with Crippen LogP contribution in [0.4, 0.5) is 0 Å². The van der Waals surface area contributed by atoms with Crippen LogP contribution < -0.4 is 0 Å². The van der Waals surface area contributed by atoms with E-state index >= 15 is 0 Å². The number of nitrogens with zero attached hydrogens (tertiary/aromatic N) is 3. The van der Waals surface area contributed by atoms with E-state index in [0.717, 1.165) is 49.2 Å². The minimum absolute atomic E-state index is 0.0827. The fraction of sp³-hybridized carbons (Fsp3) is 0.474. The molecule has 1 aliphatic rings. The zero-order valence-corrected chi connectivity index (χ0v) is 16.3. The van der Waals surface area contributed by atoms with Crippen LogP contribution in [0.2, 0.25) is 5.02 Å². The number of benzene rings is 1. The molecule has 25 heavy (non-hydrogen) atoms. The van der Waals surface area contributed by atoms with Crippen molar-refractivity contribution in [2.24, 2.45) is 5.92 Å².